The van der Waals surface area contributed by atoms with Crippen molar-refractivity contribution in [3.05, 3.63) is 22.7 Å². The van der Waals surface area contributed by atoms with E-state index in [1.54, 1.807) is 23.5 Å². The molecule has 1 aromatic rings. The monoisotopic (exact) mass is 248 g/mol. The van der Waals surface area contributed by atoms with Crippen molar-refractivity contribution in [1.29, 1.82) is 0 Å². The van der Waals surface area contributed by atoms with Crippen LogP contribution in [-0.4, -0.2) is 12.5 Å². The van der Waals surface area contributed by atoms with Crippen LogP contribution in [0.3, 0.4) is 0 Å². The summed E-state index contributed by atoms with van der Waals surface area (Å²) < 4.78 is 1.18. The van der Waals surface area contributed by atoms with Crippen LogP contribution in [0.1, 0.15) is 0 Å². The van der Waals surface area contributed by atoms with Crippen LogP contribution in [0.5, 0.6) is 0 Å². The first-order valence-electron chi connectivity index (χ1n) is 3.15. The van der Waals surface area contributed by atoms with Gasteiger partial charge in [0.25, 0.3) is 0 Å². The third-order valence-corrected chi connectivity index (χ3v) is 3.82. The maximum atomic E-state index is 3.49. The molecule has 0 unspecified atom stereocenters. The van der Waals surface area contributed by atoms with Gasteiger partial charge in [-0.15, -0.1) is 23.5 Å². The Morgan fingerprint density at radius 3 is 2.45 bits per heavy atom. The standard InChI is InChI=1S/C8H9BrS2/c1-10-6-3-4-7(9)8(5-6)11-2/h3-5H,1-2H3. The van der Waals surface area contributed by atoms with Crippen molar-refractivity contribution in [3.8, 4) is 0 Å². The van der Waals surface area contributed by atoms with Gasteiger partial charge in [-0.25, -0.2) is 0 Å². The first-order chi connectivity index (χ1) is 5.27. The van der Waals surface area contributed by atoms with Crippen LogP contribution >= 0.6 is 39.5 Å². The molecule has 1 aromatic carbocycles. The third-order valence-electron chi connectivity index (χ3n) is 1.36. The minimum Gasteiger partial charge on any atom is -0.130 e. The molecule has 0 bridgehead atoms. The highest BCUT2D eigenvalue weighted by Crippen LogP contribution is 2.29. The maximum Gasteiger partial charge on any atom is 0.0311 e. The maximum absolute atomic E-state index is 3.49. The topological polar surface area (TPSA) is 0 Å². The van der Waals surface area contributed by atoms with Crippen LogP contribution in [-0.2, 0) is 0 Å². The van der Waals surface area contributed by atoms with Gasteiger partial charge in [0, 0.05) is 14.3 Å². The lowest BCUT2D eigenvalue weighted by atomic mass is 10.4. The second-order valence-electron chi connectivity index (χ2n) is 2.00. The Kier molecular flexibility index (Phi) is 3.82. The lowest BCUT2D eigenvalue weighted by molar-refractivity contribution is 1.30. The average Bonchev–Trinajstić information content (AvgIpc) is 2.05. The second kappa shape index (κ2) is 4.43. The molecule has 0 aliphatic heterocycles. The Balaban J connectivity index is 3.02. The summed E-state index contributed by atoms with van der Waals surface area (Å²) in [6.45, 7) is 0. The molecule has 0 saturated heterocycles. The molecule has 0 saturated carbocycles. The summed E-state index contributed by atoms with van der Waals surface area (Å²) in [6, 6.07) is 6.41. The summed E-state index contributed by atoms with van der Waals surface area (Å²) >= 11 is 7.03. The zero-order chi connectivity index (χ0) is 8.27. The molecule has 0 fully saturated rings. The quantitative estimate of drug-likeness (QED) is 0.729. The van der Waals surface area contributed by atoms with E-state index in [4.69, 9.17) is 0 Å². The van der Waals surface area contributed by atoms with Crippen molar-refractivity contribution in [2.45, 2.75) is 9.79 Å². The van der Waals surface area contributed by atoms with Crippen LogP contribution < -0.4 is 0 Å². The Bertz CT molecular complexity index is 248. The Hall–Kier alpha value is 0.400. The van der Waals surface area contributed by atoms with Gasteiger partial charge in [0.05, 0.1) is 0 Å². The lowest BCUT2D eigenvalue weighted by Crippen LogP contribution is -1.74. The Morgan fingerprint density at radius 1 is 1.18 bits per heavy atom. The summed E-state index contributed by atoms with van der Waals surface area (Å²) in [5.41, 5.74) is 0. The lowest BCUT2D eigenvalue weighted by Gasteiger charge is -2.02. The van der Waals surface area contributed by atoms with Crippen LogP contribution in [0.4, 0.5) is 0 Å². The zero-order valence-electron chi connectivity index (χ0n) is 6.43. The molecule has 0 spiro atoms. The van der Waals surface area contributed by atoms with Crippen LogP contribution in [0.15, 0.2) is 32.5 Å². The van der Waals surface area contributed by atoms with Gasteiger partial charge in [0.15, 0.2) is 0 Å². The largest absolute Gasteiger partial charge is 0.130 e. The average molecular weight is 249 g/mol. The van der Waals surface area contributed by atoms with E-state index in [1.165, 1.54) is 14.3 Å². The number of hydrogen-bond acceptors (Lipinski definition) is 2. The molecular formula is C8H9BrS2. The highest BCUT2D eigenvalue weighted by Gasteiger charge is 1.98. The van der Waals surface area contributed by atoms with Gasteiger partial charge in [-0.3, -0.25) is 0 Å². The molecule has 0 aromatic heterocycles. The number of hydrogen-bond donors (Lipinski definition) is 0. The first kappa shape index (κ1) is 9.49. The highest BCUT2D eigenvalue weighted by atomic mass is 79.9. The van der Waals surface area contributed by atoms with Crippen LogP contribution in [0.25, 0.3) is 0 Å². The third kappa shape index (κ3) is 2.42. The van der Waals surface area contributed by atoms with Crippen molar-refractivity contribution >= 4 is 39.5 Å². The molecule has 0 N–H and O–H groups in total. The minimum atomic E-state index is 1.18. The molecule has 0 radical (unpaired) electrons. The predicted molar refractivity (Wildman–Crippen MR) is 57.7 cm³/mol. The van der Waals surface area contributed by atoms with Gasteiger partial charge < -0.3 is 0 Å². The van der Waals surface area contributed by atoms with E-state index in [0.29, 0.717) is 0 Å². The normalized spacial score (nSPS) is 10.1. The van der Waals surface area contributed by atoms with Crippen molar-refractivity contribution in [2.24, 2.45) is 0 Å². The van der Waals surface area contributed by atoms with Gasteiger partial charge in [-0.2, -0.15) is 0 Å². The van der Waals surface area contributed by atoms with Gasteiger partial charge in [-0.1, -0.05) is 0 Å². The molecular weight excluding hydrogens is 240 g/mol. The van der Waals surface area contributed by atoms with E-state index in [-0.39, 0.29) is 0 Å². The molecule has 0 amide bonds. The van der Waals surface area contributed by atoms with E-state index in [2.05, 4.69) is 46.6 Å². The smallest absolute Gasteiger partial charge is 0.0311 e. The zero-order valence-corrected chi connectivity index (χ0v) is 9.65. The number of benzene rings is 1. The molecule has 11 heavy (non-hydrogen) atoms. The van der Waals surface area contributed by atoms with Crippen molar-refractivity contribution in [2.75, 3.05) is 12.5 Å². The number of halogens is 1. The number of rotatable bonds is 2. The van der Waals surface area contributed by atoms with E-state index < -0.39 is 0 Å². The fraction of sp³-hybridized carbons (Fsp3) is 0.250. The van der Waals surface area contributed by atoms with Crippen LogP contribution in [0, 0.1) is 0 Å². The van der Waals surface area contributed by atoms with Crippen LogP contribution in [0.2, 0.25) is 0 Å². The molecule has 1 rings (SSSR count). The van der Waals surface area contributed by atoms with Crippen molar-refractivity contribution in [3.63, 3.8) is 0 Å². The number of thioether (sulfide) groups is 2. The fourth-order valence-corrected chi connectivity index (χ4v) is 2.52. The molecule has 0 atom stereocenters. The van der Waals surface area contributed by atoms with Gasteiger partial charge in [0.2, 0.25) is 0 Å². The van der Waals surface area contributed by atoms with E-state index >= 15 is 0 Å². The predicted octanol–water partition coefficient (Wildman–Crippen LogP) is 3.89. The second-order valence-corrected chi connectivity index (χ2v) is 4.58. The Morgan fingerprint density at radius 2 is 1.91 bits per heavy atom. The van der Waals surface area contributed by atoms with E-state index in [1.807, 2.05) is 0 Å². The molecule has 0 aliphatic rings. The summed E-state index contributed by atoms with van der Waals surface area (Å²) in [7, 11) is 0. The summed E-state index contributed by atoms with van der Waals surface area (Å²) in [6.07, 6.45) is 4.18. The molecule has 0 heterocycles. The van der Waals surface area contributed by atoms with E-state index in [9.17, 15) is 0 Å². The first-order valence-corrected chi connectivity index (χ1v) is 6.39. The minimum absolute atomic E-state index is 1.18. The van der Waals surface area contributed by atoms with Crippen molar-refractivity contribution in [1.82, 2.24) is 0 Å². The molecule has 0 aliphatic carbocycles. The molecule has 0 nitrogen and oxygen atoms in total. The highest BCUT2D eigenvalue weighted by molar-refractivity contribution is 9.10. The summed E-state index contributed by atoms with van der Waals surface area (Å²) in [5.74, 6) is 0. The van der Waals surface area contributed by atoms with E-state index in [0.717, 1.165) is 0 Å². The summed E-state index contributed by atoms with van der Waals surface area (Å²) in [5, 5.41) is 0. The molecule has 60 valence electrons. The summed E-state index contributed by atoms with van der Waals surface area (Å²) in [4.78, 5) is 2.62. The Labute approximate surface area is 84.3 Å². The van der Waals surface area contributed by atoms with Gasteiger partial charge in [-0.05, 0) is 46.6 Å². The SMILES string of the molecule is CSc1ccc(Br)c(SC)c1. The van der Waals surface area contributed by atoms with Gasteiger partial charge >= 0.3 is 0 Å². The fourth-order valence-electron chi connectivity index (χ4n) is 0.767. The van der Waals surface area contributed by atoms with Gasteiger partial charge in [0.1, 0.15) is 0 Å². The van der Waals surface area contributed by atoms with Crippen molar-refractivity contribution < 1.29 is 0 Å². The molecule has 3 heteroatoms.